The van der Waals surface area contributed by atoms with E-state index in [2.05, 4.69) is 10.3 Å². The fourth-order valence-electron chi connectivity index (χ4n) is 1.70. The summed E-state index contributed by atoms with van der Waals surface area (Å²) in [5.41, 5.74) is 0.192. The molecular formula is C15H15ClN2O3. The third-order valence-electron chi connectivity index (χ3n) is 2.72. The second kappa shape index (κ2) is 6.95. The van der Waals surface area contributed by atoms with Crippen molar-refractivity contribution in [3.63, 3.8) is 0 Å². The quantitative estimate of drug-likeness (QED) is 0.891. The average molecular weight is 307 g/mol. The highest BCUT2D eigenvalue weighted by molar-refractivity contribution is 6.32. The molecule has 2 N–H and O–H groups in total. The van der Waals surface area contributed by atoms with Gasteiger partial charge in [-0.1, -0.05) is 18.5 Å². The molecule has 0 radical (unpaired) electrons. The van der Waals surface area contributed by atoms with E-state index in [1.54, 1.807) is 18.2 Å². The summed E-state index contributed by atoms with van der Waals surface area (Å²) < 4.78 is 5.45. The van der Waals surface area contributed by atoms with Gasteiger partial charge < -0.3 is 15.0 Å². The zero-order valence-electron chi connectivity index (χ0n) is 11.5. The number of aromatic nitrogens is 1. The van der Waals surface area contributed by atoms with Crippen LogP contribution in [-0.2, 0) is 0 Å². The first-order valence-electron chi connectivity index (χ1n) is 6.52. The normalized spacial score (nSPS) is 10.2. The van der Waals surface area contributed by atoms with Crippen LogP contribution in [0.5, 0.6) is 5.75 Å². The van der Waals surface area contributed by atoms with Crippen LogP contribution in [-0.4, -0.2) is 17.5 Å². The van der Waals surface area contributed by atoms with Gasteiger partial charge in [-0.25, -0.2) is 0 Å². The monoisotopic (exact) mass is 306 g/mol. The van der Waals surface area contributed by atoms with Crippen molar-refractivity contribution < 1.29 is 9.53 Å². The smallest absolute Gasteiger partial charge is 0.261 e. The Balaban J connectivity index is 2.13. The molecule has 1 heterocycles. The van der Waals surface area contributed by atoms with Gasteiger partial charge in [0.2, 0.25) is 0 Å². The number of nitrogens with one attached hydrogen (secondary N) is 2. The van der Waals surface area contributed by atoms with Crippen LogP contribution in [0.4, 0.5) is 5.69 Å². The number of hydrogen-bond acceptors (Lipinski definition) is 3. The number of hydrogen-bond donors (Lipinski definition) is 2. The Morgan fingerprint density at radius 1 is 1.38 bits per heavy atom. The third kappa shape index (κ3) is 3.86. The van der Waals surface area contributed by atoms with E-state index in [0.717, 1.165) is 6.42 Å². The van der Waals surface area contributed by atoms with Gasteiger partial charge in [-0.3, -0.25) is 9.59 Å². The first-order valence-corrected chi connectivity index (χ1v) is 6.90. The maximum absolute atomic E-state index is 12.0. The van der Waals surface area contributed by atoms with E-state index in [1.165, 1.54) is 18.5 Å². The lowest BCUT2D eigenvalue weighted by Gasteiger charge is -2.09. The Bertz CT molecular complexity index is 697. The molecule has 6 heteroatoms. The highest BCUT2D eigenvalue weighted by Gasteiger charge is 2.11. The van der Waals surface area contributed by atoms with Gasteiger partial charge in [0.05, 0.1) is 11.6 Å². The van der Waals surface area contributed by atoms with Gasteiger partial charge in [0.15, 0.2) is 5.43 Å². The van der Waals surface area contributed by atoms with Gasteiger partial charge in [-0.2, -0.15) is 0 Å². The number of aromatic amines is 1. The molecule has 0 atom stereocenters. The van der Waals surface area contributed by atoms with Gasteiger partial charge >= 0.3 is 0 Å². The fourth-order valence-corrected chi connectivity index (χ4v) is 1.93. The van der Waals surface area contributed by atoms with Crippen LogP contribution in [0.25, 0.3) is 0 Å². The summed E-state index contributed by atoms with van der Waals surface area (Å²) in [5.74, 6) is 0.0733. The third-order valence-corrected chi connectivity index (χ3v) is 3.02. The lowest BCUT2D eigenvalue weighted by molar-refractivity contribution is 0.102. The molecule has 5 nitrogen and oxygen atoms in total. The number of pyridine rings is 1. The topological polar surface area (TPSA) is 71.2 Å². The maximum atomic E-state index is 12.0. The van der Waals surface area contributed by atoms with Crippen molar-refractivity contribution in [3.05, 3.63) is 57.5 Å². The van der Waals surface area contributed by atoms with Gasteiger partial charge in [0.1, 0.15) is 11.3 Å². The van der Waals surface area contributed by atoms with Crippen molar-refractivity contribution in [2.75, 3.05) is 11.9 Å². The van der Waals surface area contributed by atoms with Crippen LogP contribution in [0.3, 0.4) is 0 Å². The largest absolute Gasteiger partial charge is 0.492 e. The van der Waals surface area contributed by atoms with Gasteiger partial charge in [-0.05, 0) is 24.6 Å². The molecule has 21 heavy (non-hydrogen) atoms. The SMILES string of the molecule is CCCOc1ccc(NC(=O)c2c[nH]ccc2=O)cc1Cl. The van der Waals surface area contributed by atoms with Gasteiger partial charge in [-0.15, -0.1) is 0 Å². The summed E-state index contributed by atoms with van der Waals surface area (Å²) in [5, 5.41) is 3.03. The van der Waals surface area contributed by atoms with Gasteiger partial charge in [0, 0.05) is 24.1 Å². The molecule has 0 spiro atoms. The number of carbonyl (C=O) groups excluding carboxylic acids is 1. The summed E-state index contributed by atoms with van der Waals surface area (Å²) in [6.07, 6.45) is 3.71. The molecule has 2 aromatic rings. The van der Waals surface area contributed by atoms with Crippen molar-refractivity contribution in [3.8, 4) is 5.75 Å². The van der Waals surface area contributed by atoms with E-state index in [-0.39, 0.29) is 11.0 Å². The van der Waals surface area contributed by atoms with Crippen LogP contribution >= 0.6 is 11.6 Å². The molecule has 1 amide bonds. The number of carbonyl (C=O) groups is 1. The minimum absolute atomic E-state index is 0.0416. The molecule has 0 saturated carbocycles. The second-order valence-corrected chi connectivity index (χ2v) is 4.78. The Labute approximate surface area is 126 Å². The first kappa shape index (κ1) is 15.1. The minimum Gasteiger partial charge on any atom is -0.492 e. The van der Waals surface area contributed by atoms with Crippen LogP contribution in [0.1, 0.15) is 23.7 Å². The minimum atomic E-state index is -0.491. The number of ether oxygens (including phenoxy) is 1. The van der Waals surface area contributed by atoms with E-state index >= 15 is 0 Å². The second-order valence-electron chi connectivity index (χ2n) is 4.37. The standard InChI is InChI=1S/C15H15ClN2O3/c1-2-7-21-14-4-3-10(8-12(14)16)18-15(20)11-9-17-6-5-13(11)19/h3-6,8-9H,2,7H2,1H3,(H,17,19)(H,18,20). The van der Waals surface area contributed by atoms with Gasteiger partial charge in [0.25, 0.3) is 5.91 Å². The predicted molar refractivity (Wildman–Crippen MR) is 82.3 cm³/mol. The summed E-state index contributed by atoms with van der Waals surface area (Å²) >= 11 is 6.08. The molecule has 0 bridgehead atoms. The number of amides is 1. The molecule has 0 saturated heterocycles. The Morgan fingerprint density at radius 2 is 2.19 bits per heavy atom. The molecular weight excluding hydrogens is 292 g/mol. The van der Waals surface area contributed by atoms with E-state index in [9.17, 15) is 9.59 Å². The molecule has 2 rings (SSSR count). The van der Waals surface area contributed by atoms with Crippen LogP contribution < -0.4 is 15.5 Å². The van der Waals surface area contributed by atoms with Crippen molar-refractivity contribution >= 4 is 23.2 Å². The summed E-state index contributed by atoms with van der Waals surface area (Å²) in [6, 6.07) is 6.24. The molecule has 0 fully saturated rings. The first-order chi connectivity index (χ1) is 10.1. The lowest BCUT2D eigenvalue weighted by Crippen LogP contribution is -2.20. The number of benzene rings is 1. The van der Waals surface area contributed by atoms with Crippen LogP contribution in [0, 0.1) is 0 Å². The van der Waals surface area contributed by atoms with Crippen molar-refractivity contribution in [2.45, 2.75) is 13.3 Å². The molecule has 0 unspecified atom stereocenters. The molecule has 0 aliphatic carbocycles. The summed E-state index contributed by atoms with van der Waals surface area (Å²) in [6.45, 7) is 2.57. The molecule has 0 aliphatic rings. The summed E-state index contributed by atoms with van der Waals surface area (Å²) in [4.78, 5) is 26.3. The Kier molecular flexibility index (Phi) is 5.00. The zero-order chi connectivity index (χ0) is 15.2. The molecule has 1 aromatic heterocycles. The predicted octanol–water partition coefficient (Wildman–Crippen LogP) is 3.07. The highest BCUT2D eigenvalue weighted by Crippen LogP contribution is 2.27. The Morgan fingerprint density at radius 3 is 2.86 bits per heavy atom. The van der Waals surface area contributed by atoms with E-state index in [4.69, 9.17) is 16.3 Å². The highest BCUT2D eigenvalue weighted by atomic mass is 35.5. The van der Waals surface area contributed by atoms with Crippen LogP contribution in [0.15, 0.2) is 41.5 Å². The van der Waals surface area contributed by atoms with E-state index < -0.39 is 5.91 Å². The van der Waals surface area contributed by atoms with Crippen molar-refractivity contribution in [1.29, 1.82) is 0 Å². The molecule has 110 valence electrons. The summed E-state index contributed by atoms with van der Waals surface area (Å²) in [7, 11) is 0. The fraction of sp³-hybridized carbons (Fsp3) is 0.200. The van der Waals surface area contributed by atoms with Crippen LogP contribution in [0.2, 0.25) is 5.02 Å². The van der Waals surface area contributed by atoms with E-state index in [1.807, 2.05) is 6.92 Å². The van der Waals surface area contributed by atoms with Crippen molar-refractivity contribution in [2.24, 2.45) is 0 Å². The van der Waals surface area contributed by atoms with E-state index in [0.29, 0.717) is 23.1 Å². The molecule has 0 aliphatic heterocycles. The zero-order valence-corrected chi connectivity index (χ0v) is 12.2. The number of halogens is 1. The Hall–Kier alpha value is -2.27. The lowest BCUT2D eigenvalue weighted by atomic mass is 10.2. The molecule has 1 aromatic carbocycles. The average Bonchev–Trinajstić information content (AvgIpc) is 2.47. The number of anilines is 1. The number of rotatable bonds is 5. The van der Waals surface area contributed by atoms with Crippen molar-refractivity contribution in [1.82, 2.24) is 4.98 Å². The number of H-pyrrole nitrogens is 1. The maximum Gasteiger partial charge on any atom is 0.261 e.